The molecule has 0 unspecified atom stereocenters. The molecular formula is C15H19N3O4S. The van der Waals surface area contributed by atoms with Crippen LogP contribution in [0.5, 0.6) is 0 Å². The molecule has 1 saturated heterocycles. The quantitative estimate of drug-likeness (QED) is 0.838. The second-order valence-electron chi connectivity index (χ2n) is 5.58. The largest absolute Gasteiger partial charge is 0.337 e. The van der Waals surface area contributed by atoms with Crippen LogP contribution in [0, 0.1) is 0 Å². The summed E-state index contributed by atoms with van der Waals surface area (Å²) < 4.78 is 25.6. The van der Waals surface area contributed by atoms with Crippen molar-refractivity contribution in [3.8, 4) is 0 Å². The summed E-state index contributed by atoms with van der Waals surface area (Å²) in [4.78, 5) is 26.4. The molecule has 124 valence electrons. The highest BCUT2D eigenvalue weighted by Gasteiger charge is 2.40. The van der Waals surface area contributed by atoms with Crippen LogP contribution in [-0.4, -0.2) is 62.2 Å². The maximum atomic E-state index is 12.6. The molecule has 0 radical (unpaired) electrons. The van der Waals surface area contributed by atoms with Gasteiger partial charge in [0.15, 0.2) is 0 Å². The smallest absolute Gasteiger partial charge is 0.268 e. The monoisotopic (exact) mass is 337 g/mol. The predicted octanol–water partition coefficient (Wildman–Crippen LogP) is 0.287. The summed E-state index contributed by atoms with van der Waals surface area (Å²) in [7, 11) is -3.84. The molecule has 1 aromatic rings. The van der Waals surface area contributed by atoms with Gasteiger partial charge >= 0.3 is 0 Å². The second-order valence-corrected chi connectivity index (χ2v) is 7.41. The fourth-order valence-electron chi connectivity index (χ4n) is 2.95. The molecule has 1 fully saturated rings. The SMILES string of the molecule is CCN1C(=O)c2ccc(C(=O)N3CCCNCC3)cc2S1(=O)=O. The van der Waals surface area contributed by atoms with E-state index in [0.29, 0.717) is 18.7 Å². The molecular weight excluding hydrogens is 318 g/mol. The van der Waals surface area contributed by atoms with E-state index in [9.17, 15) is 18.0 Å². The van der Waals surface area contributed by atoms with Gasteiger partial charge in [0, 0.05) is 31.7 Å². The van der Waals surface area contributed by atoms with Crippen molar-refractivity contribution in [1.82, 2.24) is 14.5 Å². The number of benzene rings is 1. The molecule has 0 atom stereocenters. The zero-order valence-electron chi connectivity index (χ0n) is 12.9. The van der Waals surface area contributed by atoms with E-state index in [1.165, 1.54) is 18.2 Å². The van der Waals surface area contributed by atoms with E-state index in [4.69, 9.17) is 0 Å². The van der Waals surface area contributed by atoms with E-state index in [-0.39, 0.29) is 22.9 Å². The maximum absolute atomic E-state index is 12.6. The number of hydrogen-bond acceptors (Lipinski definition) is 5. The molecule has 2 heterocycles. The number of rotatable bonds is 2. The van der Waals surface area contributed by atoms with Gasteiger partial charge in [-0.1, -0.05) is 0 Å². The summed E-state index contributed by atoms with van der Waals surface area (Å²) in [6.07, 6.45) is 0.858. The normalized spacial score (nSPS) is 20.3. The summed E-state index contributed by atoms with van der Waals surface area (Å²) >= 11 is 0. The van der Waals surface area contributed by atoms with Gasteiger partial charge in [-0.3, -0.25) is 9.59 Å². The van der Waals surface area contributed by atoms with E-state index in [2.05, 4.69) is 5.32 Å². The van der Waals surface area contributed by atoms with Crippen molar-refractivity contribution in [1.29, 1.82) is 0 Å². The summed E-state index contributed by atoms with van der Waals surface area (Å²) in [5.74, 6) is -0.727. The van der Waals surface area contributed by atoms with Gasteiger partial charge < -0.3 is 10.2 Å². The van der Waals surface area contributed by atoms with Crippen molar-refractivity contribution < 1.29 is 18.0 Å². The van der Waals surface area contributed by atoms with Gasteiger partial charge in [0.1, 0.15) is 4.90 Å². The minimum atomic E-state index is -3.84. The van der Waals surface area contributed by atoms with Crippen molar-refractivity contribution in [2.24, 2.45) is 0 Å². The van der Waals surface area contributed by atoms with Crippen molar-refractivity contribution in [3.05, 3.63) is 29.3 Å². The Morgan fingerprint density at radius 3 is 2.78 bits per heavy atom. The van der Waals surface area contributed by atoms with Gasteiger partial charge in [-0.25, -0.2) is 12.7 Å². The van der Waals surface area contributed by atoms with Crippen LogP contribution in [0.15, 0.2) is 23.1 Å². The third-order valence-electron chi connectivity index (χ3n) is 4.17. The number of hydrogen-bond donors (Lipinski definition) is 1. The van der Waals surface area contributed by atoms with Crippen LogP contribution >= 0.6 is 0 Å². The molecule has 3 rings (SSSR count). The van der Waals surface area contributed by atoms with Crippen molar-refractivity contribution in [2.45, 2.75) is 18.2 Å². The molecule has 0 aromatic heterocycles. The first-order valence-electron chi connectivity index (χ1n) is 7.68. The molecule has 1 N–H and O–H groups in total. The highest BCUT2D eigenvalue weighted by atomic mass is 32.2. The molecule has 2 aliphatic heterocycles. The third-order valence-corrected chi connectivity index (χ3v) is 6.07. The minimum Gasteiger partial charge on any atom is -0.337 e. The van der Waals surface area contributed by atoms with E-state index in [0.717, 1.165) is 23.8 Å². The average molecular weight is 337 g/mol. The van der Waals surface area contributed by atoms with Crippen LogP contribution in [0.2, 0.25) is 0 Å². The van der Waals surface area contributed by atoms with E-state index >= 15 is 0 Å². The summed E-state index contributed by atoms with van der Waals surface area (Å²) in [6, 6.07) is 4.30. The van der Waals surface area contributed by atoms with E-state index in [1.807, 2.05) is 0 Å². The Balaban J connectivity index is 1.96. The lowest BCUT2D eigenvalue weighted by Gasteiger charge is -2.20. The second kappa shape index (κ2) is 5.93. The van der Waals surface area contributed by atoms with Gasteiger partial charge in [-0.05, 0) is 38.1 Å². The van der Waals surface area contributed by atoms with Gasteiger partial charge in [-0.2, -0.15) is 0 Å². The zero-order chi connectivity index (χ0) is 16.6. The van der Waals surface area contributed by atoms with Crippen LogP contribution in [0.4, 0.5) is 0 Å². The third kappa shape index (κ3) is 2.61. The fourth-order valence-corrected chi connectivity index (χ4v) is 4.56. The molecule has 8 heteroatoms. The van der Waals surface area contributed by atoms with E-state index in [1.54, 1.807) is 11.8 Å². The van der Waals surface area contributed by atoms with Gasteiger partial charge in [0.2, 0.25) is 0 Å². The predicted molar refractivity (Wildman–Crippen MR) is 83.7 cm³/mol. The number of carbonyl (C=O) groups excluding carboxylic acids is 2. The minimum absolute atomic E-state index is 0.0665. The molecule has 0 saturated carbocycles. The highest BCUT2D eigenvalue weighted by Crippen LogP contribution is 2.31. The number of nitrogens with one attached hydrogen (secondary N) is 1. The van der Waals surface area contributed by atoms with Crippen molar-refractivity contribution >= 4 is 21.8 Å². The molecule has 0 bridgehead atoms. The van der Waals surface area contributed by atoms with Gasteiger partial charge in [0.05, 0.1) is 5.56 Å². The summed E-state index contributed by atoms with van der Waals surface area (Å²) in [5, 5.41) is 3.22. The fraction of sp³-hybridized carbons (Fsp3) is 0.467. The number of carbonyl (C=O) groups is 2. The molecule has 23 heavy (non-hydrogen) atoms. The van der Waals surface area contributed by atoms with Crippen LogP contribution in [-0.2, 0) is 10.0 Å². The number of nitrogens with zero attached hydrogens (tertiary/aromatic N) is 2. The van der Waals surface area contributed by atoms with Crippen LogP contribution in [0.1, 0.15) is 34.1 Å². The molecule has 0 aliphatic carbocycles. The lowest BCUT2D eigenvalue weighted by atomic mass is 10.1. The number of amides is 2. The maximum Gasteiger partial charge on any atom is 0.268 e. The number of sulfonamides is 1. The molecule has 7 nitrogen and oxygen atoms in total. The molecule has 2 amide bonds. The first-order chi connectivity index (χ1) is 11.0. The zero-order valence-corrected chi connectivity index (χ0v) is 13.7. The number of fused-ring (bicyclic) bond motifs is 1. The Labute approximate surface area is 135 Å². The standard InChI is InChI=1S/C15H19N3O4S/c1-2-18-15(20)12-5-4-11(10-13(12)23(18,21)22)14(19)17-8-3-6-16-7-9-17/h4-5,10,16H,2-3,6-9H2,1H3. The Hall–Kier alpha value is -1.93. The average Bonchev–Trinajstić information content (AvgIpc) is 2.75. The Bertz CT molecular complexity index is 752. The molecule has 2 aliphatic rings. The van der Waals surface area contributed by atoms with Gasteiger partial charge in [0.25, 0.3) is 21.8 Å². The Morgan fingerprint density at radius 1 is 1.26 bits per heavy atom. The molecule has 0 spiro atoms. The van der Waals surface area contributed by atoms with Crippen LogP contribution in [0.3, 0.4) is 0 Å². The lowest BCUT2D eigenvalue weighted by Crippen LogP contribution is -2.34. The first kappa shape index (κ1) is 15.9. The summed E-state index contributed by atoms with van der Waals surface area (Å²) in [5.41, 5.74) is 0.445. The lowest BCUT2D eigenvalue weighted by molar-refractivity contribution is 0.0765. The van der Waals surface area contributed by atoms with Crippen molar-refractivity contribution in [3.63, 3.8) is 0 Å². The van der Waals surface area contributed by atoms with Crippen molar-refractivity contribution in [2.75, 3.05) is 32.7 Å². The molecule has 1 aromatic carbocycles. The highest BCUT2D eigenvalue weighted by molar-refractivity contribution is 7.90. The first-order valence-corrected chi connectivity index (χ1v) is 9.12. The Kier molecular flexibility index (Phi) is 4.11. The van der Waals surface area contributed by atoms with Gasteiger partial charge in [-0.15, -0.1) is 0 Å². The topological polar surface area (TPSA) is 86.8 Å². The summed E-state index contributed by atoms with van der Waals surface area (Å²) in [6.45, 7) is 4.49. The van der Waals surface area contributed by atoms with E-state index < -0.39 is 15.9 Å². The van der Waals surface area contributed by atoms with Crippen LogP contribution < -0.4 is 5.32 Å². The Morgan fingerprint density at radius 2 is 2.04 bits per heavy atom. The van der Waals surface area contributed by atoms with Crippen LogP contribution in [0.25, 0.3) is 0 Å².